The molecule has 1 amide bonds. The second-order valence-corrected chi connectivity index (χ2v) is 10.3. The third-order valence-electron chi connectivity index (χ3n) is 4.90. The molecule has 28 heavy (non-hydrogen) atoms. The van der Waals surface area contributed by atoms with Gasteiger partial charge in [0.15, 0.2) is 9.84 Å². The van der Waals surface area contributed by atoms with Gasteiger partial charge in [-0.1, -0.05) is 36.4 Å². The zero-order valence-corrected chi connectivity index (χ0v) is 17.4. The van der Waals surface area contributed by atoms with E-state index in [1.165, 1.54) is 0 Å². The van der Waals surface area contributed by atoms with Crippen LogP contribution < -0.4 is 0 Å². The summed E-state index contributed by atoms with van der Waals surface area (Å²) in [6.45, 7) is 1.48. The Morgan fingerprint density at radius 2 is 1.93 bits per heavy atom. The highest BCUT2D eigenvalue weighted by molar-refractivity contribution is 7.91. The molecule has 0 bridgehead atoms. The standard InChI is InChI=1S/C20H26N2O4S2/c23-10-9-21(13-17-5-2-1-3-6-17)15-20(24)22(14-19-7-4-11-27-19)18-8-12-28(25,26)16-18/h1-7,11,18,23H,8-10,12-16H2. The third-order valence-corrected chi connectivity index (χ3v) is 7.51. The van der Waals surface area contributed by atoms with E-state index in [-0.39, 0.29) is 36.6 Å². The van der Waals surface area contributed by atoms with Crippen LogP contribution in [0.3, 0.4) is 0 Å². The van der Waals surface area contributed by atoms with Gasteiger partial charge in [0.25, 0.3) is 0 Å². The van der Waals surface area contributed by atoms with Crippen molar-refractivity contribution in [2.24, 2.45) is 0 Å². The minimum absolute atomic E-state index is 0.0306. The Kier molecular flexibility index (Phi) is 7.23. The zero-order valence-electron chi connectivity index (χ0n) is 15.7. The summed E-state index contributed by atoms with van der Waals surface area (Å²) in [7, 11) is -3.08. The van der Waals surface area contributed by atoms with Crippen molar-refractivity contribution in [3.05, 3.63) is 58.3 Å². The van der Waals surface area contributed by atoms with Crippen LogP contribution in [0.15, 0.2) is 47.8 Å². The Balaban J connectivity index is 1.73. The zero-order chi connectivity index (χ0) is 20.0. The van der Waals surface area contributed by atoms with Gasteiger partial charge in [0.05, 0.1) is 31.2 Å². The monoisotopic (exact) mass is 422 g/mol. The van der Waals surface area contributed by atoms with Gasteiger partial charge in [-0.25, -0.2) is 8.42 Å². The van der Waals surface area contributed by atoms with Gasteiger partial charge in [0.2, 0.25) is 5.91 Å². The fraction of sp³-hybridized carbons (Fsp3) is 0.450. The lowest BCUT2D eigenvalue weighted by Gasteiger charge is -2.31. The summed E-state index contributed by atoms with van der Waals surface area (Å²) in [4.78, 5) is 17.8. The lowest BCUT2D eigenvalue weighted by atomic mass is 10.2. The molecule has 1 aliphatic rings. The first-order chi connectivity index (χ1) is 13.5. The molecule has 0 radical (unpaired) electrons. The lowest BCUT2D eigenvalue weighted by molar-refractivity contribution is -0.135. The molecule has 1 aliphatic heterocycles. The molecule has 1 aromatic carbocycles. The molecule has 3 rings (SSSR count). The molecule has 1 aromatic heterocycles. The number of hydrogen-bond donors (Lipinski definition) is 1. The summed E-state index contributed by atoms with van der Waals surface area (Å²) in [5, 5.41) is 11.4. The number of rotatable bonds is 9. The number of nitrogens with zero attached hydrogens (tertiary/aromatic N) is 2. The van der Waals surface area contributed by atoms with Gasteiger partial charge in [-0.15, -0.1) is 11.3 Å². The van der Waals surface area contributed by atoms with Crippen molar-refractivity contribution in [2.45, 2.75) is 25.6 Å². The van der Waals surface area contributed by atoms with Gasteiger partial charge < -0.3 is 10.0 Å². The first-order valence-corrected chi connectivity index (χ1v) is 12.1. The Labute approximate surface area is 170 Å². The van der Waals surface area contributed by atoms with Gasteiger partial charge in [-0.3, -0.25) is 9.69 Å². The number of aliphatic hydroxyl groups excluding tert-OH is 1. The summed E-state index contributed by atoms with van der Waals surface area (Å²) >= 11 is 1.56. The Bertz CT molecular complexity index is 854. The number of hydrogen-bond acceptors (Lipinski definition) is 6. The normalized spacial score (nSPS) is 18.4. The van der Waals surface area contributed by atoms with E-state index in [0.29, 0.717) is 26.1 Å². The predicted octanol–water partition coefficient (Wildman–Crippen LogP) is 1.76. The van der Waals surface area contributed by atoms with Crippen LogP contribution in [0.25, 0.3) is 0 Å². The Morgan fingerprint density at radius 3 is 2.54 bits per heavy atom. The van der Waals surface area contributed by atoms with Gasteiger partial charge >= 0.3 is 0 Å². The van der Waals surface area contributed by atoms with Crippen LogP contribution in [0.2, 0.25) is 0 Å². The van der Waals surface area contributed by atoms with E-state index >= 15 is 0 Å². The first kappa shape index (κ1) is 21.0. The van der Waals surface area contributed by atoms with E-state index in [1.54, 1.807) is 16.2 Å². The van der Waals surface area contributed by atoms with Crippen molar-refractivity contribution in [1.82, 2.24) is 9.80 Å². The minimum Gasteiger partial charge on any atom is -0.395 e. The smallest absolute Gasteiger partial charge is 0.237 e. The maximum Gasteiger partial charge on any atom is 0.237 e. The average Bonchev–Trinajstić information content (AvgIpc) is 3.29. The largest absolute Gasteiger partial charge is 0.395 e. The molecule has 0 aliphatic carbocycles. The average molecular weight is 423 g/mol. The molecular formula is C20H26N2O4S2. The van der Waals surface area contributed by atoms with Crippen molar-refractivity contribution in [1.29, 1.82) is 0 Å². The SMILES string of the molecule is O=C(CN(CCO)Cc1ccccc1)N(Cc1cccs1)C1CCS(=O)(=O)C1. The molecule has 1 saturated heterocycles. The van der Waals surface area contributed by atoms with E-state index < -0.39 is 9.84 Å². The summed E-state index contributed by atoms with van der Waals surface area (Å²) in [5.74, 6) is 0.0684. The highest BCUT2D eigenvalue weighted by Crippen LogP contribution is 2.22. The first-order valence-electron chi connectivity index (χ1n) is 9.36. The molecule has 0 saturated carbocycles. The van der Waals surface area contributed by atoms with Crippen molar-refractivity contribution >= 4 is 27.1 Å². The number of carbonyl (C=O) groups is 1. The van der Waals surface area contributed by atoms with Crippen molar-refractivity contribution in [3.8, 4) is 0 Å². The minimum atomic E-state index is -3.08. The summed E-state index contributed by atoms with van der Waals surface area (Å²) in [6.07, 6.45) is 0.484. The fourth-order valence-corrected chi connectivity index (χ4v) is 5.93. The lowest BCUT2D eigenvalue weighted by Crippen LogP contribution is -2.46. The van der Waals surface area contributed by atoms with Crippen LogP contribution in [-0.4, -0.2) is 66.5 Å². The van der Waals surface area contributed by atoms with E-state index in [4.69, 9.17) is 0 Å². The molecule has 1 atom stereocenters. The van der Waals surface area contributed by atoms with Crippen LogP contribution in [0, 0.1) is 0 Å². The van der Waals surface area contributed by atoms with E-state index in [2.05, 4.69) is 0 Å². The topological polar surface area (TPSA) is 77.9 Å². The predicted molar refractivity (Wildman–Crippen MR) is 111 cm³/mol. The molecule has 0 spiro atoms. The van der Waals surface area contributed by atoms with E-state index in [9.17, 15) is 18.3 Å². The highest BCUT2D eigenvalue weighted by Gasteiger charge is 2.35. The maximum atomic E-state index is 13.2. The van der Waals surface area contributed by atoms with Gasteiger partial charge in [-0.2, -0.15) is 0 Å². The molecule has 1 N–H and O–H groups in total. The second-order valence-electron chi connectivity index (χ2n) is 7.08. The second kappa shape index (κ2) is 9.65. The Hall–Kier alpha value is -1.74. The maximum absolute atomic E-state index is 13.2. The van der Waals surface area contributed by atoms with Gasteiger partial charge in [0, 0.05) is 24.0 Å². The molecule has 2 heterocycles. The van der Waals surface area contributed by atoms with Crippen LogP contribution >= 0.6 is 11.3 Å². The van der Waals surface area contributed by atoms with Crippen LogP contribution in [0.1, 0.15) is 16.9 Å². The molecule has 8 heteroatoms. The van der Waals surface area contributed by atoms with Gasteiger partial charge in [0.1, 0.15) is 0 Å². The molecule has 152 valence electrons. The fourth-order valence-electron chi connectivity index (χ4n) is 3.49. The van der Waals surface area contributed by atoms with E-state index in [0.717, 1.165) is 10.4 Å². The van der Waals surface area contributed by atoms with Crippen molar-refractivity contribution in [2.75, 3.05) is 31.2 Å². The molecular weight excluding hydrogens is 396 g/mol. The molecule has 6 nitrogen and oxygen atoms in total. The third kappa shape index (κ3) is 5.88. The number of carbonyl (C=O) groups excluding carboxylic acids is 1. The van der Waals surface area contributed by atoms with E-state index in [1.807, 2.05) is 52.7 Å². The molecule has 1 unspecified atom stereocenters. The number of thiophene rings is 1. The van der Waals surface area contributed by atoms with Crippen LogP contribution in [0.4, 0.5) is 0 Å². The highest BCUT2D eigenvalue weighted by atomic mass is 32.2. The number of benzene rings is 1. The Morgan fingerprint density at radius 1 is 1.14 bits per heavy atom. The summed E-state index contributed by atoms with van der Waals surface area (Å²) in [6, 6.07) is 13.4. The quantitative estimate of drug-likeness (QED) is 0.666. The number of sulfone groups is 1. The van der Waals surface area contributed by atoms with Crippen LogP contribution in [0.5, 0.6) is 0 Å². The number of amides is 1. The van der Waals surface area contributed by atoms with Crippen molar-refractivity contribution < 1.29 is 18.3 Å². The van der Waals surface area contributed by atoms with Gasteiger partial charge in [-0.05, 0) is 23.4 Å². The molecule has 2 aromatic rings. The summed E-state index contributed by atoms with van der Waals surface area (Å²) < 4.78 is 23.9. The number of aliphatic hydroxyl groups is 1. The van der Waals surface area contributed by atoms with Crippen LogP contribution in [-0.2, 0) is 27.7 Å². The molecule has 1 fully saturated rings. The summed E-state index contributed by atoms with van der Waals surface area (Å²) in [5.41, 5.74) is 1.07. The van der Waals surface area contributed by atoms with Crippen molar-refractivity contribution in [3.63, 3.8) is 0 Å².